The van der Waals surface area contributed by atoms with E-state index >= 15 is 0 Å². The van der Waals surface area contributed by atoms with Crippen LogP contribution in [0.5, 0.6) is 0 Å². The first kappa shape index (κ1) is 14.6. The van der Waals surface area contributed by atoms with Gasteiger partial charge in [0.25, 0.3) is 0 Å². The van der Waals surface area contributed by atoms with Crippen molar-refractivity contribution in [2.24, 2.45) is 0 Å². The van der Waals surface area contributed by atoms with Crippen molar-refractivity contribution in [2.45, 2.75) is 33.1 Å². The monoisotopic (exact) mass is 264 g/mol. The van der Waals surface area contributed by atoms with E-state index in [0.29, 0.717) is 10.7 Å². The summed E-state index contributed by atoms with van der Waals surface area (Å²) in [6, 6.07) is 7.35. The smallest absolute Gasteiger partial charge is 0.170 e. The number of nitrogens with one attached hydrogen (secondary N) is 2. The van der Waals surface area contributed by atoms with Crippen molar-refractivity contribution in [3.63, 3.8) is 0 Å². The fourth-order valence-electron chi connectivity index (χ4n) is 1.57. The third kappa shape index (κ3) is 5.27. The van der Waals surface area contributed by atoms with Crippen LogP contribution in [0.1, 0.15) is 43.5 Å². The number of unbranched alkanes of at least 4 members (excludes halogenated alkanes) is 2. The van der Waals surface area contributed by atoms with Crippen molar-refractivity contribution < 1.29 is 4.79 Å². The topological polar surface area (TPSA) is 41.1 Å². The summed E-state index contributed by atoms with van der Waals surface area (Å²) in [5, 5.41) is 6.84. The zero-order valence-electron chi connectivity index (χ0n) is 11.0. The van der Waals surface area contributed by atoms with E-state index in [1.165, 1.54) is 12.8 Å². The molecule has 2 N–H and O–H groups in total. The molecule has 0 amide bonds. The van der Waals surface area contributed by atoms with E-state index < -0.39 is 0 Å². The third-order valence-electron chi connectivity index (χ3n) is 2.59. The Morgan fingerprint density at radius 2 is 2.11 bits per heavy atom. The van der Waals surface area contributed by atoms with Gasteiger partial charge in [-0.05, 0) is 37.7 Å². The molecule has 0 fully saturated rings. The molecule has 0 unspecified atom stereocenters. The Balaban J connectivity index is 2.44. The van der Waals surface area contributed by atoms with Gasteiger partial charge in [-0.1, -0.05) is 31.9 Å². The molecule has 18 heavy (non-hydrogen) atoms. The first-order valence-corrected chi connectivity index (χ1v) is 6.70. The van der Waals surface area contributed by atoms with Crippen LogP contribution in [0.3, 0.4) is 0 Å². The molecule has 0 atom stereocenters. The van der Waals surface area contributed by atoms with E-state index in [4.69, 9.17) is 12.2 Å². The predicted molar refractivity (Wildman–Crippen MR) is 80.2 cm³/mol. The fourth-order valence-corrected chi connectivity index (χ4v) is 1.79. The van der Waals surface area contributed by atoms with Gasteiger partial charge in [-0.15, -0.1) is 0 Å². The second-order valence-electron chi connectivity index (χ2n) is 4.22. The molecule has 0 bridgehead atoms. The maximum absolute atomic E-state index is 11.3. The molecule has 0 heterocycles. The van der Waals surface area contributed by atoms with Crippen molar-refractivity contribution >= 4 is 28.8 Å². The van der Waals surface area contributed by atoms with Gasteiger partial charge in [-0.2, -0.15) is 0 Å². The van der Waals surface area contributed by atoms with Gasteiger partial charge in [-0.3, -0.25) is 4.79 Å². The maximum atomic E-state index is 11.3. The predicted octanol–water partition coefficient (Wildman–Crippen LogP) is 3.37. The highest BCUT2D eigenvalue weighted by atomic mass is 32.1. The molecule has 0 radical (unpaired) electrons. The van der Waals surface area contributed by atoms with E-state index in [0.717, 1.165) is 18.7 Å². The summed E-state index contributed by atoms with van der Waals surface area (Å²) in [6.45, 7) is 4.61. The highest BCUT2D eigenvalue weighted by Crippen LogP contribution is 2.10. The third-order valence-corrected chi connectivity index (χ3v) is 2.84. The number of thiocarbonyl (C=S) groups is 1. The SMILES string of the molecule is CCCCCNC(=S)Nc1cccc(C(C)=O)c1. The molecule has 0 saturated carbocycles. The summed E-state index contributed by atoms with van der Waals surface area (Å²) in [5.74, 6) is 0.0560. The molecule has 0 saturated heterocycles. The van der Waals surface area contributed by atoms with Gasteiger partial charge in [-0.25, -0.2) is 0 Å². The Morgan fingerprint density at radius 3 is 2.78 bits per heavy atom. The molecule has 0 aliphatic rings. The summed E-state index contributed by atoms with van der Waals surface area (Å²) in [5.41, 5.74) is 1.53. The molecule has 0 aromatic heterocycles. The van der Waals surface area contributed by atoms with Crippen molar-refractivity contribution in [3.05, 3.63) is 29.8 Å². The number of hydrogen-bond donors (Lipinski definition) is 2. The van der Waals surface area contributed by atoms with E-state index in [2.05, 4.69) is 17.6 Å². The van der Waals surface area contributed by atoms with Gasteiger partial charge in [0.2, 0.25) is 0 Å². The number of carbonyl (C=O) groups excluding carboxylic acids is 1. The van der Waals surface area contributed by atoms with Gasteiger partial charge in [0.15, 0.2) is 10.9 Å². The Hall–Kier alpha value is -1.42. The Labute approximate surface area is 114 Å². The van der Waals surface area contributed by atoms with Crippen molar-refractivity contribution in [3.8, 4) is 0 Å². The van der Waals surface area contributed by atoms with Crippen LogP contribution >= 0.6 is 12.2 Å². The number of anilines is 1. The summed E-state index contributed by atoms with van der Waals surface area (Å²) in [7, 11) is 0. The quantitative estimate of drug-likeness (QED) is 0.469. The molecule has 1 rings (SSSR count). The second-order valence-corrected chi connectivity index (χ2v) is 4.63. The van der Waals surface area contributed by atoms with Gasteiger partial charge < -0.3 is 10.6 Å². The number of carbonyl (C=O) groups is 1. The normalized spacial score (nSPS) is 9.89. The van der Waals surface area contributed by atoms with Crippen LogP contribution in [-0.2, 0) is 0 Å². The molecule has 0 spiro atoms. The molecule has 0 aliphatic heterocycles. The van der Waals surface area contributed by atoms with Crippen LogP contribution in [0.2, 0.25) is 0 Å². The second kappa shape index (κ2) is 7.82. The number of hydrogen-bond acceptors (Lipinski definition) is 2. The Morgan fingerprint density at radius 1 is 1.33 bits per heavy atom. The number of rotatable bonds is 6. The van der Waals surface area contributed by atoms with Gasteiger partial charge in [0.05, 0.1) is 0 Å². The highest BCUT2D eigenvalue weighted by Gasteiger charge is 2.01. The van der Waals surface area contributed by atoms with Crippen LogP contribution in [0, 0.1) is 0 Å². The lowest BCUT2D eigenvalue weighted by Gasteiger charge is -2.10. The zero-order valence-corrected chi connectivity index (χ0v) is 11.8. The van der Waals surface area contributed by atoms with Crippen molar-refractivity contribution in [2.75, 3.05) is 11.9 Å². The van der Waals surface area contributed by atoms with Gasteiger partial charge >= 0.3 is 0 Å². The maximum Gasteiger partial charge on any atom is 0.170 e. The lowest BCUT2D eigenvalue weighted by Crippen LogP contribution is -2.29. The zero-order chi connectivity index (χ0) is 13.4. The Bertz CT molecular complexity index is 418. The molecule has 0 aliphatic carbocycles. The minimum absolute atomic E-state index is 0.0560. The van der Waals surface area contributed by atoms with Crippen LogP contribution in [0.25, 0.3) is 0 Å². The van der Waals surface area contributed by atoms with Gasteiger partial charge in [0.1, 0.15) is 0 Å². The minimum atomic E-state index is 0.0560. The van der Waals surface area contributed by atoms with Crippen LogP contribution < -0.4 is 10.6 Å². The fraction of sp³-hybridized carbons (Fsp3) is 0.429. The van der Waals surface area contributed by atoms with Crippen molar-refractivity contribution in [1.29, 1.82) is 0 Å². The average Bonchev–Trinajstić information content (AvgIpc) is 2.35. The van der Waals surface area contributed by atoms with Crippen LogP contribution in [-0.4, -0.2) is 17.4 Å². The van der Waals surface area contributed by atoms with E-state index in [1.807, 2.05) is 18.2 Å². The summed E-state index contributed by atoms with van der Waals surface area (Å²) >= 11 is 5.19. The molecule has 1 aromatic rings. The van der Waals surface area contributed by atoms with Crippen LogP contribution in [0.4, 0.5) is 5.69 Å². The molecule has 4 heteroatoms. The first-order valence-electron chi connectivity index (χ1n) is 6.29. The number of benzene rings is 1. The van der Waals surface area contributed by atoms with Crippen LogP contribution in [0.15, 0.2) is 24.3 Å². The van der Waals surface area contributed by atoms with E-state index in [1.54, 1.807) is 13.0 Å². The molecule has 98 valence electrons. The Kier molecular flexibility index (Phi) is 6.36. The lowest BCUT2D eigenvalue weighted by molar-refractivity contribution is 0.101. The molecule has 1 aromatic carbocycles. The summed E-state index contributed by atoms with van der Waals surface area (Å²) < 4.78 is 0. The van der Waals surface area contributed by atoms with E-state index in [-0.39, 0.29) is 5.78 Å². The first-order chi connectivity index (χ1) is 8.63. The lowest BCUT2D eigenvalue weighted by atomic mass is 10.1. The molecular weight excluding hydrogens is 244 g/mol. The van der Waals surface area contributed by atoms with E-state index in [9.17, 15) is 4.79 Å². The number of ketones is 1. The largest absolute Gasteiger partial charge is 0.362 e. The highest BCUT2D eigenvalue weighted by molar-refractivity contribution is 7.80. The molecular formula is C14H20N2OS. The summed E-state index contributed by atoms with van der Waals surface area (Å²) in [6.07, 6.45) is 3.52. The van der Waals surface area contributed by atoms with Gasteiger partial charge in [0, 0.05) is 17.8 Å². The standard InChI is InChI=1S/C14H20N2OS/c1-3-4-5-9-15-14(18)16-13-8-6-7-12(10-13)11(2)17/h6-8,10H,3-5,9H2,1-2H3,(H2,15,16,18). The average molecular weight is 264 g/mol. The summed E-state index contributed by atoms with van der Waals surface area (Å²) in [4.78, 5) is 11.3. The number of Topliss-reactive ketones (excluding diaryl/α,β-unsaturated/α-hetero) is 1. The molecule has 3 nitrogen and oxygen atoms in total. The van der Waals surface area contributed by atoms with Crippen molar-refractivity contribution in [1.82, 2.24) is 5.32 Å². The minimum Gasteiger partial charge on any atom is -0.362 e.